The minimum Gasteiger partial charge on any atom is -0.437 e. The zero-order valence-corrected chi connectivity index (χ0v) is 7.97. The molecule has 0 aromatic heterocycles. The number of alkyl halides is 3. The topological polar surface area (TPSA) is 35.5 Å². The lowest BCUT2D eigenvalue weighted by Crippen LogP contribution is -2.10. The molecule has 0 radical (unpaired) electrons. The number of carbonyl (C=O) groups is 1. The predicted molar refractivity (Wildman–Crippen MR) is 44.4 cm³/mol. The molecule has 0 fully saturated rings. The van der Waals surface area contributed by atoms with E-state index in [9.17, 15) is 22.4 Å². The molecule has 0 aliphatic heterocycles. The Balaban J connectivity index is 2.96. The highest BCUT2D eigenvalue weighted by atomic mass is 19.4. The van der Waals surface area contributed by atoms with E-state index in [2.05, 4.69) is 9.47 Å². The monoisotopic (exact) mass is 238 g/mol. The van der Waals surface area contributed by atoms with Crippen molar-refractivity contribution < 1.29 is 31.8 Å². The molecular formula is C9H6F4O3. The van der Waals surface area contributed by atoms with Crippen LogP contribution in [0.15, 0.2) is 18.2 Å². The first-order valence-corrected chi connectivity index (χ1v) is 3.97. The van der Waals surface area contributed by atoms with E-state index in [0.717, 1.165) is 13.2 Å². The molecule has 88 valence electrons. The lowest BCUT2D eigenvalue weighted by molar-refractivity contribution is -0.140. The van der Waals surface area contributed by atoms with E-state index in [4.69, 9.17) is 0 Å². The van der Waals surface area contributed by atoms with E-state index >= 15 is 0 Å². The molecule has 16 heavy (non-hydrogen) atoms. The third kappa shape index (κ3) is 2.85. The smallest absolute Gasteiger partial charge is 0.437 e. The Morgan fingerprint density at radius 2 is 1.94 bits per heavy atom. The summed E-state index contributed by atoms with van der Waals surface area (Å²) in [7, 11) is 1.02. The molecule has 0 bridgehead atoms. The summed E-state index contributed by atoms with van der Waals surface area (Å²) in [6.07, 6.45) is -5.92. The zero-order chi connectivity index (χ0) is 12.3. The van der Waals surface area contributed by atoms with Gasteiger partial charge < -0.3 is 9.47 Å². The van der Waals surface area contributed by atoms with Crippen molar-refractivity contribution >= 4 is 6.16 Å². The van der Waals surface area contributed by atoms with Gasteiger partial charge in [0.15, 0.2) is 0 Å². The van der Waals surface area contributed by atoms with Gasteiger partial charge in [0.25, 0.3) is 0 Å². The molecule has 0 atom stereocenters. The van der Waals surface area contributed by atoms with Crippen LogP contribution in [0.5, 0.6) is 5.75 Å². The molecule has 0 heterocycles. The van der Waals surface area contributed by atoms with Crippen LogP contribution in [0.1, 0.15) is 5.56 Å². The Hall–Kier alpha value is -1.79. The van der Waals surface area contributed by atoms with Crippen LogP contribution < -0.4 is 4.74 Å². The van der Waals surface area contributed by atoms with Crippen molar-refractivity contribution in [3.8, 4) is 5.75 Å². The van der Waals surface area contributed by atoms with Crippen LogP contribution in [-0.4, -0.2) is 13.3 Å². The molecule has 0 spiro atoms. The first kappa shape index (κ1) is 12.3. The van der Waals surface area contributed by atoms with E-state index in [1.54, 1.807) is 0 Å². The summed E-state index contributed by atoms with van der Waals surface area (Å²) in [4.78, 5) is 10.6. The number of methoxy groups -OCH3 is 1. The first-order chi connectivity index (χ1) is 7.34. The fourth-order valence-corrected chi connectivity index (χ4v) is 0.927. The minimum atomic E-state index is -4.78. The standard InChI is InChI=1S/C9H6F4O3/c1-15-8(14)16-5-2-3-6(7(10)4-5)9(11,12)13/h2-4H,1H3. The maximum Gasteiger partial charge on any atom is 0.513 e. The van der Waals surface area contributed by atoms with Gasteiger partial charge in [0.2, 0.25) is 0 Å². The Labute approximate surface area is 87.6 Å². The largest absolute Gasteiger partial charge is 0.513 e. The summed E-state index contributed by atoms with van der Waals surface area (Å²) in [5, 5.41) is 0. The summed E-state index contributed by atoms with van der Waals surface area (Å²) in [5.74, 6) is -1.88. The van der Waals surface area contributed by atoms with Crippen molar-refractivity contribution in [2.24, 2.45) is 0 Å². The highest BCUT2D eigenvalue weighted by molar-refractivity contribution is 5.63. The summed E-state index contributed by atoms with van der Waals surface area (Å²) in [6, 6.07) is 1.76. The quantitative estimate of drug-likeness (QED) is 0.428. The van der Waals surface area contributed by atoms with Gasteiger partial charge in [-0.05, 0) is 12.1 Å². The van der Waals surface area contributed by atoms with Crippen LogP contribution in [0, 0.1) is 5.82 Å². The molecule has 0 aliphatic carbocycles. The maximum atomic E-state index is 12.9. The van der Waals surface area contributed by atoms with Crippen molar-refractivity contribution in [2.75, 3.05) is 7.11 Å². The molecule has 0 N–H and O–H groups in total. The van der Waals surface area contributed by atoms with Crippen LogP contribution in [0.3, 0.4) is 0 Å². The third-order valence-electron chi connectivity index (χ3n) is 1.61. The van der Waals surface area contributed by atoms with Crippen LogP contribution >= 0.6 is 0 Å². The number of halogens is 4. The van der Waals surface area contributed by atoms with Gasteiger partial charge in [-0.3, -0.25) is 0 Å². The molecule has 0 saturated carbocycles. The van der Waals surface area contributed by atoms with Gasteiger partial charge in [-0.2, -0.15) is 13.2 Å². The summed E-state index contributed by atoms with van der Waals surface area (Å²) in [6.45, 7) is 0. The second kappa shape index (κ2) is 4.38. The van der Waals surface area contributed by atoms with E-state index in [0.29, 0.717) is 12.1 Å². The van der Waals surface area contributed by atoms with Crippen molar-refractivity contribution in [3.63, 3.8) is 0 Å². The van der Waals surface area contributed by atoms with Crippen molar-refractivity contribution in [3.05, 3.63) is 29.6 Å². The maximum absolute atomic E-state index is 12.9. The molecule has 7 heteroatoms. The van der Waals surface area contributed by atoms with E-state index in [1.165, 1.54) is 0 Å². The van der Waals surface area contributed by atoms with Crippen LogP contribution in [-0.2, 0) is 10.9 Å². The van der Waals surface area contributed by atoms with Gasteiger partial charge in [0.05, 0.1) is 12.7 Å². The van der Waals surface area contributed by atoms with Crippen molar-refractivity contribution in [2.45, 2.75) is 6.18 Å². The molecule has 0 saturated heterocycles. The highest BCUT2D eigenvalue weighted by Crippen LogP contribution is 2.32. The molecular weight excluding hydrogens is 232 g/mol. The van der Waals surface area contributed by atoms with Gasteiger partial charge in [-0.25, -0.2) is 9.18 Å². The minimum absolute atomic E-state index is 0.364. The summed E-state index contributed by atoms with van der Waals surface area (Å²) in [5.41, 5.74) is -1.43. The number of carbonyl (C=O) groups excluding carboxylic acids is 1. The van der Waals surface area contributed by atoms with Gasteiger partial charge in [-0.15, -0.1) is 0 Å². The van der Waals surface area contributed by atoms with Crippen molar-refractivity contribution in [1.29, 1.82) is 0 Å². The number of rotatable bonds is 1. The van der Waals surface area contributed by atoms with Crippen LogP contribution in [0.4, 0.5) is 22.4 Å². The summed E-state index contributed by atoms with van der Waals surface area (Å²) < 4.78 is 57.8. The number of benzene rings is 1. The van der Waals surface area contributed by atoms with Gasteiger partial charge in [0, 0.05) is 6.07 Å². The third-order valence-corrected chi connectivity index (χ3v) is 1.61. The Morgan fingerprint density at radius 1 is 1.31 bits per heavy atom. The Morgan fingerprint density at radius 3 is 2.38 bits per heavy atom. The van der Waals surface area contributed by atoms with E-state index < -0.39 is 23.7 Å². The molecule has 3 nitrogen and oxygen atoms in total. The lowest BCUT2D eigenvalue weighted by atomic mass is 10.2. The molecule has 1 rings (SSSR count). The fraction of sp³-hybridized carbons (Fsp3) is 0.222. The second-order valence-corrected chi connectivity index (χ2v) is 2.70. The molecule has 0 amide bonds. The van der Waals surface area contributed by atoms with Gasteiger partial charge in [0.1, 0.15) is 11.6 Å². The average molecular weight is 238 g/mol. The summed E-state index contributed by atoms with van der Waals surface area (Å²) >= 11 is 0. The van der Waals surface area contributed by atoms with Crippen LogP contribution in [0.2, 0.25) is 0 Å². The zero-order valence-electron chi connectivity index (χ0n) is 7.97. The van der Waals surface area contributed by atoms with Gasteiger partial charge in [-0.1, -0.05) is 0 Å². The number of ether oxygens (including phenoxy) is 2. The first-order valence-electron chi connectivity index (χ1n) is 3.97. The SMILES string of the molecule is COC(=O)Oc1ccc(C(F)(F)F)c(F)c1. The Kier molecular flexibility index (Phi) is 3.36. The predicted octanol–water partition coefficient (Wildman–Crippen LogP) is 2.99. The second-order valence-electron chi connectivity index (χ2n) is 2.70. The molecule has 0 aliphatic rings. The van der Waals surface area contributed by atoms with Crippen molar-refractivity contribution in [1.82, 2.24) is 0 Å². The van der Waals surface area contributed by atoms with Gasteiger partial charge >= 0.3 is 12.3 Å². The Bertz CT molecular complexity index is 400. The highest BCUT2D eigenvalue weighted by Gasteiger charge is 2.34. The van der Waals surface area contributed by atoms with E-state index in [-0.39, 0.29) is 5.75 Å². The van der Waals surface area contributed by atoms with Crippen LogP contribution in [0.25, 0.3) is 0 Å². The normalized spacial score (nSPS) is 11.1. The number of hydrogen-bond acceptors (Lipinski definition) is 3. The number of hydrogen-bond donors (Lipinski definition) is 0. The average Bonchev–Trinajstić information content (AvgIpc) is 2.15. The molecule has 0 unspecified atom stereocenters. The molecule has 1 aromatic carbocycles. The lowest BCUT2D eigenvalue weighted by Gasteiger charge is -2.08. The fourth-order valence-electron chi connectivity index (χ4n) is 0.927. The van der Waals surface area contributed by atoms with E-state index in [1.807, 2.05) is 0 Å². The molecule has 1 aromatic rings.